The van der Waals surface area contributed by atoms with E-state index in [1.54, 1.807) is 20.8 Å². The molecule has 0 unspecified atom stereocenters. The number of hydrogen-bond donors (Lipinski definition) is 3. The number of aliphatic carboxylic acids is 1. The lowest BCUT2D eigenvalue weighted by Gasteiger charge is -2.22. The van der Waals surface area contributed by atoms with Crippen LogP contribution in [0.2, 0.25) is 0 Å². The summed E-state index contributed by atoms with van der Waals surface area (Å²) in [5.41, 5.74) is -0.497. The van der Waals surface area contributed by atoms with Crippen LogP contribution in [0.4, 0.5) is 9.18 Å². The van der Waals surface area contributed by atoms with Gasteiger partial charge in [-0.15, -0.1) is 0 Å². The van der Waals surface area contributed by atoms with Gasteiger partial charge in [0.15, 0.2) is 6.79 Å². The summed E-state index contributed by atoms with van der Waals surface area (Å²) in [4.78, 5) is 23.1. The fourth-order valence-electron chi connectivity index (χ4n) is 1.84. The number of carbonyl (C=O) groups is 2. The molecule has 0 aliphatic rings. The second-order valence-electron chi connectivity index (χ2n) is 6.07. The molecule has 25 heavy (non-hydrogen) atoms. The molecule has 1 aromatic rings. The summed E-state index contributed by atoms with van der Waals surface area (Å²) in [6.07, 6.45) is -1.07. The van der Waals surface area contributed by atoms with Gasteiger partial charge in [0.2, 0.25) is 0 Å². The molecule has 0 aromatic heterocycles. The molecule has 1 radical (unpaired) electrons. The van der Waals surface area contributed by atoms with Crippen LogP contribution in [0.15, 0.2) is 18.2 Å². The maximum atomic E-state index is 13.6. The Balaban J connectivity index is 2.80. The number of nitrogens with one attached hydrogen (secondary N) is 1. The molecule has 0 bridgehead atoms. The van der Waals surface area contributed by atoms with Gasteiger partial charge in [-0.05, 0) is 38.5 Å². The monoisotopic (exact) mass is 356 g/mol. The van der Waals surface area contributed by atoms with Crippen LogP contribution in [0.3, 0.4) is 0 Å². The summed E-state index contributed by atoms with van der Waals surface area (Å²) in [7, 11) is 0.422. The Morgan fingerprint density at radius 3 is 2.56 bits per heavy atom. The molecule has 137 valence electrons. The molecule has 8 nitrogen and oxygen atoms in total. The first-order valence-corrected chi connectivity index (χ1v) is 7.33. The molecule has 1 atom stereocenters. The third-order valence-electron chi connectivity index (χ3n) is 2.73. The molecule has 0 fully saturated rings. The Hall–Kier alpha value is -2.33. The minimum absolute atomic E-state index is 0.0817. The van der Waals surface area contributed by atoms with Crippen LogP contribution < -0.4 is 10.1 Å². The number of benzene rings is 1. The van der Waals surface area contributed by atoms with Gasteiger partial charge in [0.05, 0.1) is 0 Å². The van der Waals surface area contributed by atoms with Crippen molar-refractivity contribution < 1.29 is 38.2 Å². The first-order valence-electron chi connectivity index (χ1n) is 7.33. The quantitative estimate of drug-likeness (QED) is 0.365. The van der Waals surface area contributed by atoms with Crippen molar-refractivity contribution in [2.75, 3.05) is 6.79 Å². The minimum atomic E-state index is -1.31. The predicted octanol–water partition coefficient (Wildman–Crippen LogP) is 1.23. The van der Waals surface area contributed by atoms with Crippen LogP contribution in [-0.2, 0) is 20.6 Å². The van der Waals surface area contributed by atoms with Gasteiger partial charge in [0.25, 0.3) is 0 Å². The van der Waals surface area contributed by atoms with Gasteiger partial charge in [0, 0.05) is 12.5 Å². The number of hydrogen-bond acceptors (Lipinski definition) is 6. The molecule has 0 spiro atoms. The Morgan fingerprint density at radius 2 is 2.00 bits per heavy atom. The number of rotatable bonds is 8. The molecular weight excluding hydrogens is 336 g/mol. The Kier molecular flexibility index (Phi) is 7.65. The van der Waals surface area contributed by atoms with Crippen molar-refractivity contribution in [3.63, 3.8) is 0 Å². The largest absolute Gasteiger partial charge is 0.487 e. The summed E-state index contributed by atoms with van der Waals surface area (Å²) in [5.74, 6) is -1.86. The Morgan fingerprint density at radius 1 is 1.32 bits per heavy atom. The zero-order valence-electron chi connectivity index (χ0n) is 14.1. The van der Waals surface area contributed by atoms with Crippen molar-refractivity contribution in [2.45, 2.75) is 38.8 Å². The highest BCUT2D eigenvalue weighted by Gasteiger charge is 2.24. The third kappa shape index (κ3) is 8.36. The molecule has 10 heteroatoms. The molecular formula is C15H20BFNO7. The molecule has 0 aliphatic carbocycles. The van der Waals surface area contributed by atoms with Crippen LogP contribution in [0.1, 0.15) is 26.3 Å². The summed E-state index contributed by atoms with van der Waals surface area (Å²) in [5, 5.41) is 19.9. The summed E-state index contributed by atoms with van der Waals surface area (Å²) in [6.45, 7) is 4.58. The van der Waals surface area contributed by atoms with Crippen LogP contribution in [0, 0.1) is 5.82 Å². The zero-order valence-corrected chi connectivity index (χ0v) is 14.1. The standard InChI is InChI=1S/C15H20BFNO7/c1-15(2,3)25-14(21)18-12(13(19)20)6-9-4-10(17)7-11(5-9)23-8-24-16-22/h4-5,7,12,22H,6,8H2,1-3H3,(H,18,21)(H,19,20)/t12-/m0/s1. The number of carboxylic acids is 1. The number of carbonyl (C=O) groups excluding carboxylic acids is 1. The van der Waals surface area contributed by atoms with Crippen molar-refractivity contribution in [1.82, 2.24) is 5.32 Å². The molecule has 0 saturated heterocycles. The normalized spacial score (nSPS) is 12.2. The molecule has 1 rings (SSSR count). The fourth-order valence-corrected chi connectivity index (χ4v) is 1.84. The molecule has 0 saturated carbocycles. The predicted molar refractivity (Wildman–Crippen MR) is 85.5 cm³/mol. The van der Waals surface area contributed by atoms with Crippen LogP contribution in [0.25, 0.3) is 0 Å². The van der Waals surface area contributed by atoms with E-state index >= 15 is 0 Å². The van der Waals surface area contributed by atoms with Gasteiger partial charge in [-0.2, -0.15) is 0 Å². The summed E-state index contributed by atoms with van der Waals surface area (Å²) in [6, 6.07) is 2.28. The Bertz CT molecular complexity index is 606. The zero-order chi connectivity index (χ0) is 19.0. The maximum Gasteiger partial charge on any atom is 0.487 e. The van der Waals surface area contributed by atoms with Crippen molar-refractivity contribution >= 4 is 19.7 Å². The number of alkyl carbamates (subject to hydrolysis) is 1. The van der Waals surface area contributed by atoms with E-state index in [9.17, 15) is 19.1 Å². The van der Waals surface area contributed by atoms with E-state index in [4.69, 9.17) is 14.5 Å². The van der Waals surface area contributed by atoms with E-state index in [1.807, 2.05) is 0 Å². The highest BCUT2D eigenvalue weighted by atomic mass is 19.1. The molecule has 1 aromatic carbocycles. The molecule has 1 amide bonds. The number of carboxylic acid groups (broad SMARTS) is 1. The van der Waals surface area contributed by atoms with Gasteiger partial charge in [-0.25, -0.2) is 14.0 Å². The second kappa shape index (κ2) is 9.23. The average Bonchev–Trinajstić information content (AvgIpc) is 2.44. The van der Waals surface area contributed by atoms with Crippen molar-refractivity contribution in [2.24, 2.45) is 0 Å². The minimum Gasteiger partial charge on any atom is -0.480 e. The Labute approximate surface area is 145 Å². The third-order valence-corrected chi connectivity index (χ3v) is 2.73. The lowest BCUT2D eigenvalue weighted by atomic mass is 10.1. The van der Waals surface area contributed by atoms with E-state index in [2.05, 4.69) is 9.97 Å². The smallest absolute Gasteiger partial charge is 0.480 e. The van der Waals surface area contributed by atoms with Gasteiger partial charge in [-0.3, -0.25) is 0 Å². The number of amides is 1. The molecule has 0 aliphatic heterocycles. The maximum absolute atomic E-state index is 13.6. The summed E-state index contributed by atoms with van der Waals surface area (Å²) < 4.78 is 28.1. The SMILES string of the molecule is CC(C)(C)OC(=O)N[C@@H](Cc1cc(F)cc(OCO[B]O)c1)C(=O)O. The molecule has 3 N–H and O–H groups in total. The van der Waals surface area contributed by atoms with E-state index in [1.165, 1.54) is 6.07 Å². The summed E-state index contributed by atoms with van der Waals surface area (Å²) >= 11 is 0. The highest BCUT2D eigenvalue weighted by Crippen LogP contribution is 2.18. The number of halogens is 1. The van der Waals surface area contributed by atoms with E-state index in [-0.39, 0.29) is 24.5 Å². The average molecular weight is 356 g/mol. The molecule has 0 heterocycles. The lowest BCUT2D eigenvalue weighted by Crippen LogP contribution is -2.44. The van der Waals surface area contributed by atoms with Crippen molar-refractivity contribution in [1.29, 1.82) is 0 Å². The lowest BCUT2D eigenvalue weighted by molar-refractivity contribution is -0.139. The first kappa shape index (κ1) is 20.7. The van der Waals surface area contributed by atoms with Gasteiger partial charge in [-0.1, -0.05) is 0 Å². The van der Waals surface area contributed by atoms with E-state index < -0.39 is 29.5 Å². The topological polar surface area (TPSA) is 114 Å². The van der Waals surface area contributed by atoms with Crippen LogP contribution >= 0.6 is 0 Å². The van der Waals surface area contributed by atoms with E-state index in [0.29, 0.717) is 7.69 Å². The fraction of sp³-hybridized carbons (Fsp3) is 0.467. The van der Waals surface area contributed by atoms with Gasteiger partial charge in [0.1, 0.15) is 23.2 Å². The van der Waals surface area contributed by atoms with Crippen LogP contribution in [0.5, 0.6) is 5.75 Å². The second-order valence-corrected chi connectivity index (χ2v) is 6.07. The van der Waals surface area contributed by atoms with Gasteiger partial charge < -0.3 is 29.6 Å². The van der Waals surface area contributed by atoms with Gasteiger partial charge >= 0.3 is 19.7 Å². The highest BCUT2D eigenvalue weighted by molar-refractivity contribution is 6.15. The van der Waals surface area contributed by atoms with E-state index in [0.717, 1.165) is 12.1 Å². The van der Waals surface area contributed by atoms with Crippen LogP contribution in [-0.4, -0.2) is 48.3 Å². The number of ether oxygens (including phenoxy) is 2. The van der Waals surface area contributed by atoms with Crippen molar-refractivity contribution in [3.8, 4) is 5.75 Å². The van der Waals surface area contributed by atoms with Crippen molar-refractivity contribution in [3.05, 3.63) is 29.6 Å². The first-order chi connectivity index (χ1) is 11.6.